The third kappa shape index (κ3) is 9.14. The van der Waals surface area contributed by atoms with E-state index in [1.165, 1.54) is 19.1 Å². The van der Waals surface area contributed by atoms with Crippen LogP contribution in [0.15, 0.2) is 42.5 Å². The second kappa shape index (κ2) is 14.5. The molecule has 3 amide bonds. The van der Waals surface area contributed by atoms with Gasteiger partial charge in [-0.2, -0.15) is 0 Å². The molecule has 0 aliphatic carbocycles. The Morgan fingerprint density at radius 1 is 1.05 bits per heavy atom. The van der Waals surface area contributed by atoms with Crippen molar-refractivity contribution < 1.29 is 37.8 Å². The van der Waals surface area contributed by atoms with Gasteiger partial charge in [-0.05, 0) is 36.8 Å². The molecule has 1 aromatic heterocycles. The van der Waals surface area contributed by atoms with Crippen molar-refractivity contribution in [3.8, 4) is 5.75 Å². The molecule has 1 unspecified atom stereocenters. The molecule has 1 heterocycles. The van der Waals surface area contributed by atoms with Crippen LogP contribution in [-0.2, 0) is 20.7 Å². The van der Waals surface area contributed by atoms with Crippen molar-refractivity contribution in [2.45, 2.75) is 33.2 Å². The topological polar surface area (TPSA) is 147 Å². The standard InChI is InChI=1S/C24H22F2N4O6S.C2H6/c1-12-20(37-24(28-12)30-19(32)7-13-4-3-5-17(31)6-13)22(34)29-18(23(35)36-2)11-27-21(33)14-8-15(25)10-16(26)9-14;1-2/h3-6,8-10,18,31H,7,11H2,1-2H3,(H,27,33)(H,29,34)(H,28,30,32);1-2H3. The predicted octanol–water partition coefficient (Wildman–Crippen LogP) is 3.34. The number of hydrogen-bond acceptors (Lipinski definition) is 8. The fraction of sp³-hybridized carbons (Fsp3) is 0.269. The van der Waals surface area contributed by atoms with E-state index in [1.54, 1.807) is 12.1 Å². The zero-order valence-corrected chi connectivity index (χ0v) is 22.4. The molecule has 4 N–H and O–H groups in total. The molecule has 0 fully saturated rings. The van der Waals surface area contributed by atoms with Crippen molar-refractivity contribution in [3.05, 3.63) is 75.8 Å². The molecule has 208 valence electrons. The molecule has 0 bridgehead atoms. The molecule has 3 aromatic rings. The van der Waals surface area contributed by atoms with Crippen LogP contribution >= 0.6 is 11.3 Å². The molecule has 0 radical (unpaired) electrons. The highest BCUT2D eigenvalue weighted by Gasteiger charge is 2.26. The highest BCUT2D eigenvalue weighted by Crippen LogP contribution is 2.23. The molecular formula is C26H28F2N4O6S. The number of aryl methyl sites for hydroxylation is 1. The van der Waals surface area contributed by atoms with Crippen molar-refractivity contribution >= 4 is 40.2 Å². The Balaban J connectivity index is 0.00000260. The summed E-state index contributed by atoms with van der Waals surface area (Å²) in [6, 6.07) is 7.11. The van der Waals surface area contributed by atoms with Gasteiger partial charge in [0.1, 0.15) is 28.3 Å². The van der Waals surface area contributed by atoms with Crippen LogP contribution in [0.25, 0.3) is 0 Å². The minimum atomic E-state index is -1.33. The van der Waals surface area contributed by atoms with Crippen LogP contribution in [0.5, 0.6) is 5.75 Å². The number of carbonyl (C=O) groups is 4. The van der Waals surface area contributed by atoms with Gasteiger partial charge in [0.15, 0.2) is 5.13 Å². The van der Waals surface area contributed by atoms with Crippen LogP contribution in [0.3, 0.4) is 0 Å². The van der Waals surface area contributed by atoms with Gasteiger partial charge in [-0.15, -0.1) is 0 Å². The van der Waals surface area contributed by atoms with Crippen LogP contribution in [0, 0.1) is 18.6 Å². The predicted molar refractivity (Wildman–Crippen MR) is 141 cm³/mol. The van der Waals surface area contributed by atoms with Crippen LogP contribution in [0.4, 0.5) is 13.9 Å². The lowest BCUT2D eigenvalue weighted by Gasteiger charge is -2.17. The summed E-state index contributed by atoms with van der Waals surface area (Å²) in [6.45, 7) is 5.10. The van der Waals surface area contributed by atoms with E-state index < -0.39 is 47.9 Å². The number of nitrogens with zero attached hydrogens (tertiary/aromatic N) is 1. The summed E-state index contributed by atoms with van der Waals surface area (Å²) in [7, 11) is 1.09. The van der Waals surface area contributed by atoms with Gasteiger partial charge in [-0.3, -0.25) is 14.4 Å². The number of rotatable bonds is 9. The highest BCUT2D eigenvalue weighted by atomic mass is 32.1. The number of esters is 1. The largest absolute Gasteiger partial charge is 0.508 e. The fourth-order valence-electron chi connectivity index (χ4n) is 3.22. The van der Waals surface area contributed by atoms with E-state index in [4.69, 9.17) is 0 Å². The number of anilines is 1. The first-order valence-corrected chi connectivity index (χ1v) is 12.6. The summed E-state index contributed by atoms with van der Waals surface area (Å²) in [6.07, 6.45) is -0.0338. The molecule has 3 rings (SSSR count). The van der Waals surface area contributed by atoms with Gasteiger partial charge in [-0.25, -0.2) is 18.6 Å². The Bertz CT molecular complexity index is 1330. The van der Waals surface area contributed by atoms with Crippen molar-refractivity contribution in [2.75, 3.05) is 19.0 Å². The van der Waals surface area contributed by atoms with Crippen molar-refractivity contribution in [3.63, 3.8) is 0 Å². The maximum atomic E-state index is 13.4. The number of aromatic nitrogens is 1. The van der Waals surface area contributed by atoms with E-state index in [1.807, 2.05) is 13.8 Å². The average molecular weight is 563 g/mol. The number of aromatic hydroxyl groups is 1. The number of thiazole rings is 1. The normalized spacial score (nSPS) is 10.9. The summed E-state index contributed by atoms with van der Waals surface area (Å²) in [5, 5.41) is 17.0. The summed E-state index contributed by atoms with van der Waals surface area (Å²) in [5.74, 6) is -4.76. The van der Waals surface area contributed by atoms with Gasteiger partial charge in [0.05, 0.1) is 19.2 Å². The minimum Gasteiger partial charge on any atom is -0.508 e. The van der Waals surface area contributed by atoms with Gasteiger partial charge < -0.3 is 25.8 Å². The highest BCUT2D eigenvalue weighted by molar-refractivity contribution is 7.17. The SMILES string of the molecule is CC.COC(=O)C(CNC(=O)c1cc(F)cc(F)c1)NC(=O)c1sc(NC(=O)Cc2cccc(O)c2)nc1C. The second-order valence-corrected chi connectivity index (χ2v) is 8.74. The Morgan fingerprint density at radius 2 is 1.72 bits per heavy atom. The molecule has 0 aliphatic heterocycles. The van der Waals surface area contributed by atoms with Crippen molar-refractivity contribution in [1.82, 2.24) is 15.6 Å². The van der Waals surface area contributed by atoms with Gasteiger partial charge in [-0.1, -0.05) is 37.3 Å². The van der Waals surface area contributed by atoms with Gasteiger partial charge in [0, 0.05) is 18.2 Å². The number of amides is 3. The van der Waals surface area contributed by atoms with E-state index in [9.17, 15) is 33.1 Å². The molecule has 13 heteroatoms. The van der Waals surface area contributed by atoms with Crippen LogP contribution in [0.2, 0.25) is 0 Å². The van der Waals surface area contributed by atoms with Crippen molar-refractivity contribution in [1.29, 1.82) is 0 Å². The molecule has 0 aliphatic rings. The first kappa shape index (κ1) is 30.8. The fourth-order valence-corrected chi connectivity index (χ4v) is 4.10. The molecule has 2 aromatic carbocycles. The zero-order chi connectivity index (χ0) is 29.1. The molecular weight excluding hydrogens is 534 g/mol. The summed E-state index contributed by atoms with van der Waals surface area (Å²) in [4.78, 5) is 53.8. The van der Waals surface area contributed by atoms with Crippen LogP contribution < -0.4 is 16.0 Å². The number of phenolic OH excluding ortho intramolecular Hbond substituents is 1. The van der Waals surface area contributed by atoms with Crippen molar-refractivity contribution in [2.24, 2.45) is 0 Å². The van der Waals surface area contributed by atoms with Gasteiger partial charge >= 0.3 is 5.97 Å². The Labute approximate surface area is 227 Å². The minimum absolute atomic E-state index is 0.0220. The molecule has 10 nitrogen and oxygen atoms in total. The number of nitrogens with one attached hydrogen (secondary N) is 3. The Hall–Kier alpha value is -4.39. The Kier molecular flexibility index (Phi) is 11.5. The number of halogens is 2. The molecule has 1 atom stereocenters. The van der Waals surface area contributed by atoms with E-state index >= 15 is 0 Å². The molecule has 0 spiro atoms. The van der Waals surface area contributed by atoms with E-state index in [0.717, 1.165) is 30.6 Å². The molecule has 0 saturated heterocycles. The summed E-state index contributed by atoms with van der Waals surface area (Å²) < 4.78 is 31.4. The number of hydrogen-bond donors (Lipinski definition) is 4. The van der Waals surface area contributed by atoms with E-state index in [0.29, 0.717) is 11.6 Å². The first-order chi connectivity index (χ1) is 18.5. The lowest BCUT2D eigenvalue weighted by Crippen LogP contribution is -2.49. The maximum Gasteiger partial charge on any atom is 0.330 e. The number of phenols is 1. The molecule has 39 heavy (non-hydrogen) atoms. The summed E-state index contributed by atoms with van der Waals surface area (Å²) in [5.41, 5.74) is 0.544. The zero-order valence-electron chi connectivity index (χ0n) is 21.6. The monoisotopic (exact) mass is 562 g/mol. The summed E-state index contributed by atoms with van der Waals surface area (Å²) >= 11 is 0.868. The third-order valence-electron chi connectivity index (χ3n) is 4.91. The number of ether oxygens (including phenoxy) is 1. The number of methoxy groups -OCH3 is 1. The molecule has 0 saturated carbocycles. The Morgan fingerprint density at radius 3 is 2.33 bits per heavy atom. The van der Waals surface area contributed by atoms with Gasteiger partial charge in [0.2, 0.25) is 5.91 Å². The number of carbonyl (C=O) groups excluding carboxylic acids is 4. The van der Waals surface area contributed by atoms with Gasteiger partial charge in [0.25, 0.3) is 11.8 Å². The lowest BCUT2D eigenvalue weighted by atomic mass is 10.1. The van der Waals surface area contributed by atoms with Crippen LogP contribution in [0.1, 0.15) is 45.1 Å². The second-order valence-electron chi connectivity index (χ2n) is 7.75. The quantitative estimate of drug-likeness (QED) is 0.293. The smallest absolute Gasteiger partial charge is 0.330 e. The van der Waals surface area contributed by atoms with Crippen LogP contribution in [-0.4, -0.2) is 53.5 Å². The first-order valence-electron chi connectivity index (χ1n) is 11.7. The van der Waals surface area contributed by atoms with E-state index in [-0.39, 0.29) is 33.4 Å². The average Bonchev–Trinajstić information content (AvgIpc) is 3.25. The number of benzene rings is 2. The third-order valence-corrected chi connectivity index (χ3v) is 5.98. The maximum absolute atomic E-state index is 13.4. The van der Waals surface area contributed by atoms with E-state index in [2.05, 4.69) is 25.7 Å². The lowest BCUT2D eigenvalue weighted by molar-refractivity contribution is -0.142.